The lowest BCUT2D eigenvalue weighted by atomic mass is 10.2. The predicted molar refractivity (Wildman–Crippen MR) is 105 cm³/mol. The van der Waals surface area contributed by atoms with Crippen molar-refractivity contribution in [1.29, 1.82) is 0 Å². The molecule has 0 fully saturated rings. The topological polar surface area (TPSA) is 81.8 Å². The summed E-state index contributed by atoms with van der Waals surface area (Å²) in [7, 11) is 1.65. The van der Waals surface area contributed by atoms with E-state index in [4.69, 9.17) is 0 Å². The van der Waals surface area contributed by atoms with Crippen molar-refractivity contribution in [3.05, 3.63) is 75.4 Å². The van der Waals surface area contributed by atoms with Crippen LogP contribution in [0.5, 0.6) is 0 Å². The molecule has 0 unspecified atom stereocenters. The van der Waals surface area contributed by atoms with Crippen LogP contribution in [0.25, 0.3) is 10.2 Å². The maximum Gasteiger partial charge on any atom is 0.266 e. The van der Waals surface area contributed by atoms with E-state index in [0.29, 0.717) is 32.9 Å². The summed E-state index contributed by atoms with van der Waals surface area (Å²) in [4.78, 5) is 30.4. The van der Waals surface area contributed by atoms with Crippen LogP contribution in [0.1, 0.15) is 20.8 Å². The molecule has 0 bridgehead atoms. The minimum Gasteiger partial charge on any atom is -0.321 e. The van der Waals surface area contributed by atoms with Crippen molar-refractivity contribution in [2.75, 3.05) is 5.32 Å². The van der Waals surface area contributed by atoms with Crippen molar-refractivity contribution in [3.8, 4) is 0 Å². The van der Waals surface area contributed by atoms with Crippen molar-refractivity contribution in [1.82, 2.24) is 19.3 Å². The van der Waals surface area contributed by atoms with Crippen molar-refractivity contribution in [3.63, 3.8) is 0 Å². The summed E-state index contributed by atoms with van der Waals surface area (Å²) in [6, 6.07) is 9.50. The first-order valence-corrected chi connectivity index (χ1v) is 9.17. The SMILES string of the molecule is Cc1c(C(=O)Nc2cccc(Cn3cccn3)c2)sc2ncn(C)c(=O)c12. The molecule has 0 saturated carbocycles. The van der Waals surface area contributed by atoms with Crippen LogP contribution in [0.2, 0.25) is 0 Å². The second kappa shape index (κ2) is 6.81. The highest BCUT2D eigenvalue weighted by Gasteiger charge is 2.19. The van der Waals surface area contributed by atoms with Gasteiger partial charge in [-0.1, -0.05) is 12.1 Å². The Balaban J connectivity index is 1.61. The smallest absolute Gasteiger partial charge is 0.266 e. The molecule has 0 aliphatic carbocycles. The second-order valence-electron chi connectivity index (χ2n) is 6.26. The second-order valence-corrected chi connectivity index (χ2v) is 7.25. The number of carbonyl (C=O) groups is 1. The number of hydrogen-bond donors (Lipinski definition) is 1. The molecule has 136 valence electrons. The van der Waals surface area contributed by atoms with Crippen LogP contribution >= 0.6 is 11.3 Å². The van der Waals surface area contributed by atoms with E-state index in [1.54, 1.807) is 20.2 Å². The molecule has 0 aliphatic rings. The van der Waals surface area contributed by atoms with Crippen molar-refractivity contribution in [2.24, 2.45) is 7.05 Å². The average Bonchev–Trinajstić information content (AvgIpc) is 3.26. The van der Waals surface area contributed by atoms with Crippen LogP contribution in [0.3, 0.4) is 0 Å². The van der Waals surface area contributed by atoms with Gasteiger partial charge in [-0.25, -0.2) is 4.98 Å². The van der Waals surface area contributed by atoms with Crippen LogP contribution in [0, 0.1) is 6.92 Å². The van der Waals surface area contributed by atoms with Gasteiger partial charge in [0.05, 0.1) is 23.1 Å². The zero-order valence-corrected chi connectivity index (χ0v) is 15.7. The van der Waals surface area contributed by atoms with Gasteiger partial charge in [-0.15, -0.1) is 11.3 Å². The summed E-state index contributed by atoms with van der Waals surface area (Å²) in [6.45, 7) is 2.41. The first-order chi connectivity index (χ1) is 13.0. The highest BCUT2D eigenvalue weighted by molar-refractivity contribution is 7.20. The van der Waals surface area contributed by atoms with Crippen molar-refractivity contribution in [2.45, 2.75) is 13.5 Å². The van der Waals surface area contributed by atoms with E-state index >= 15 is 0 Å². The summed E-state index contributed by atoms with van der Waals surface area (Å²) < 4.78 is 3.24. The van der Waals surface area contributed by atoms with Gasteiger partial charge in [-0.3, -0.25) is 14.3 Å². The van der Waals surface area contributed by atoms with Crippen LogP contribution in [-0.4, -0.2) is 25.2 Å². The number of thiophene rings is 1. The number of aryl methyl sites for hydroxylation is 2. The predicted octanol–water partition coefficient (Wildman–Crippen LogP) is 2.80. The van der Waals surface area contributed by atoms with E-state index < -0.39 is 0 Å². The lowest BCUT2D eigenvalue weighted by Crippen LogP contribution is -2.17. The number of benzene rings is 1. The van der Waals surface area contributed by atoms with Gasteiger partial charge in [0, 0.05) is 25.1 Å². The highest BCUT2D eigenvalue weighted by atomic mass is 32.1. The number of nitrogens with zero attached hydrogens (tertiary/aromatic N) is 4. The Hall–Kier alpha value is -3.26. The van der Waals surface area contributed by atoms with Gasteiger partial charge < -0.3 is 9.88 Å². The van der Waals surface area contributed by atoms with Crippen LogP contribution < -0.4 is 10.9 Å². The quantitative estimate of drug-likeness (QED) is 0.591. The Morgan fingerprint density at radius 2 is 2.15 bits per heavy atom. The van der Waals surface area contributed by atoms with E-state index in [9.17, 15) is 9.59 Å². The molecule has 1 amide bonds. The number of aromatic nitrogens is 4. The summed E-state index contributed by atoms with van der Waals surface area (Å²) in [5.74, 6) is -0.242. The van der Waals surface area contributed by atoms with Gasteiger partial charge in [0.25, 0.3) is 11.5 Å². The van der Waals surface area contributed by atoms with Crippen LogP contribution in [-0.2, 0) is 13.6 Å². The van der Waals surface area contributed by atoms with Crippen molar-refractivity contribution < 1.29 is 4.79 Å². The molecule has 0 saturated heterocycles. The third-order valence-corrected chi connectivity index (χ3v) is 5.50. The number of carbonyl (C=O) groups excluding carboxylic acids is 1. The zero-order valence-electron chi connectivity index (χ0n) is 14.8. The zero-order chi connectivity index (χ0) is 19.0. The van der Waals surface area contributed by atoms with E-state index in [-0.39, 0.29) is 11.5 Å². The van der Waals surface area contributed by atoms with E-state index in [0.717, 1.165) is 5.56 Å². The van der Waals surface area contributed by atoms with Crippen LogP contribution in [0.4, 0.5) is 5.69 Å². The first-order valence-electron chi connectivity index (χ1n) is 8.35. The standard InChI is InChI=1S/C19H17N5O2S/c1-12-15-18(20-11-23(2)19(15)26)27-16(12)17(25)22-14-6-3-5-13(9-14)10-24-8-4-7-21-24/h3-9,11H,10H2,1-2H3,(H,22,25). The summed E-state index contributed by atoms with van der Waals surface area (Å²) in [5, 5.41) is 7.62. The van der Waals surface area contributed by atoms with E-state index in [1.807, 2.05) is 41.2 Å². The molecule has 8 heteroatoms. The molecule has 3 aromatic heterocycles. The van der Waals surface area contributed by atoms with Crippen LogP contribution in [0.15, 0.2) is 53.8 Å². The van der Waals surface area contributed by atoms with Gasteiger partial charge in [0.2, 0.25) is 0 Å². The molecule has 3 heterocycles. The van der Waals surface area contributed by atoms with E-state index in [1.165, 1.54) is 22.2 Å². The average molecular weight is 379 g/mol. The number of nitrogens with one attached hydrogen (secondary N) is 1. The molecule has 27 heavy (non-hydrogen) atoms. The third-order valence-electron chi connectivity index (χ3n) is 4.31. The molecular formula is C19H17N5O2S. The lowest BCUT2D eigenvalue weighted by molar-refractivity contribution is 0.103. The minimum atomic E-state index is -0.242. The summed E-state index contributed by atoms with van der Waals surface area (Å²) in [6.07, 6.45) is 5.09. The normalized spacial score (nSPS) is 11.0. The number of anilines is 1. The molecule has 4 rings (SSSR count). The molecule has 0 spiro atoms. The molecule has 1 N–H and O–H groups in total. The van der Waals surface area contributed by atoms with E-state index in [2.05, 4.69) is 15.4 Å². The molecule has 0 radical (unpaired) electrons. The number of rotatable bonds is 4. The summed E-state index contributed by atoms with van der Waals surface area (Å²) >= 11 is 1.23. The fourth-order valence-corrected chi connectivity index (χ4v) is 3.98. The Morgan fingerprint density at radius 3 is 2.93 bits per heavy atom. The fraction of sp³-hybridized carbons (Fsp3) is 0.158. The van der Waals surface area contributed by atoms with Gasteiger partial charge >= 0.3 is 0 Å². The number of amides is 1. The number of hydrogen-bond acceptors (Lipinski definition) is 5. The van der Waals surface area contributed by atoms with Crippen molar-refractivity contribution >= 4 is 33.1 Å². The Kier molecular flexibility index (Phi) is 4.33. The maximum absolute atomic E-state index is 12.8. The Labute approximate surface area is 158 Å². The Morgan fingerprint density at radius 1 is 1.30 bits per heavy atom. The van der Waals surface area contributed by atoms with Gasteiger partial charge in [0.15, 0.2) is 0 Å². The first kappa shape index (κ1) is 17.2. The molecule has 4 aromatic rings. The molecule has 0 atom stereocenters. The summed E-state index contributed by atoms with van der Waals surface area (Å²) in [5.41, 5.74) is 2.24. The third kappa shape index (κ3) is 3.26. The fourth-order valence-electron chi connectivity index (χ4n) is 2.94. The monoisotopic (exact) mass is 379 g/mol. The lowest BCUT2D eigenvalue weighted by Gasteiger charge is -2.07. The number of fused-ring (bicyclic) bond motifs is 1. The molecule has 7 nitrogen and oxygen atoms in total. The van der Waals surface area contributed by atoms with Gasteiger partial charge in [0.1, 0.15) is 4.83 Å². The highest BCUT2D eigenvalue weighted by Crippen LogP contribution is 2.27. The molecular weight excluding hydrogens is 362 g/mol. The molecule has 1 aromatic carbocycles. The minimum absolute atomic E-state index is 0.144. The molecule has 0 aliphatic heterocycles. The van der Waals surface area contributed by atoms with Gasteiger partial charge in [-0.2, -0.15) is 5.10 Å². The largest absolute Gasteiger partial charge is 0.321 e. The Bertz CT molecular complexity index is 1190. The van der Waals surface area contributed by atoms with Gasteiger partial charge in [-0.05, 0) is 36.2 Å². The maximum atomic E-state index is 12.8.